The number of sulfonamides is 1. The van der Waals surface area contributed by atoms with Gasteiger partial charge in [-0.2, -0.15) is 0 Å². The fraction of sp³-hybridized carbons (Fsp3) is 0.111. The third-order valence-corrected chi connectivity index (χ3v) is 5.87. The Morgan fingerprint density at radius 1 is 1.15 bits per heavy atom. The van der Waals surface area contributed by atoms with Crippen LogP contribution in [0.25, 0.3) is 0 Å². The first-order chi connectivity index (χ1) is 12.8. The highest BCUT2D eigenvalue weighted by Crippen LogP contribution is 2.20. The van der Waals surface area contributed by atoms with Gasteiger partial charge in [-0.15, -0.1) is 0 Å². The van der Waals surface area contributed by atoms with E-state index in [1.807, 2.05) is 22.9 Å². The molecule has 0 radical (unpaired) electrons. The van der Waals surface area contributed by atoms with Gasteiger partial charge in [0.15, 0.2) is 0 Å². The van der Waals surface area contributed by atoms with Gasteiger partial charge in [-0.25, -0.2) is 18.1 Å². The van der Waals surface area contributed by atoms with Gasteiger partial charge in [-0.05, 0) is 36.8 Å². The van der Waals surface area contributed by atoms with Gasteiger partial charge in [0.25, 0.3) is 15.9 Å². The van der Waals surface area contributed by atoms with Crippen LogP contribution in [0, 0.1) is 6.92 Å². The zero-order valence-electron chi connectivity index (χ0n) is 14.2. The lowest BCUT2D eigenvalue weighted by molar-refractivity contribution is 0.0977. The van der Waals surface area contributed by atoms with E-state index in [9.17, 15) is 13.2 Å². The minimum atomic E-state index is -4.10. The SMILES string of the molecule is Cc1nc(C(=O)NS(=O)(=O)c2ccccc2Cl)cn1Cc1cccc(Cl)c1. The van der Waals surface area contributed by atoms with Crippen LogP contribution in [-0.4, -0.2) is 23.9 Å². The summed E-state index contributed by atoms with van der Waals surface area (Å²) in [5.41, 5.74) is 0.920. The maximum Gasteiger partial charge on any atom is 0.285 e. The Kier molecular flexibility index (Phi) is 5.55. The number of rotatable bonds is 5. The fourth-order valence-corrected chi connectivity index (χ4v) is 4.20. The van der Waals surface area contributed by atoms with Crippen LogP contribution in [0.1, 0.15) is 21.9 Å². The molecule has 0 bridgehead atoms. The molecule has 2 aromatic carbocycles. The second kappa shape index (κ2) is 7.72. The molecule has 0 unspecified atom stereocenters. The van der Waals surface area contributed by atoms with Crippen molar-refractivity contribution in [2.45, 2.75) is 18.4 Å². The Morgan fingerprint density at radius 3 is 2.59 bits per heavy atom. The van der Waals surface area contributed by atoms with E-state index >= 15 is 0 Å². The summed E-state index contributed by atoms with van der Waals surface area (Å²) in [5.74, 6) is -0.266. The number of amides is 1. The normalized spacial score (nSPS) is 11.4. The summed E-state index contributed by atoms with van der Waals surface area (Å²) < 4.78 is 28.5. The quantitative estimate of drug-likeness (QED) is 0.678. The van der Waals surface area contributed by atoms with Crippen molar-refractivity contribution in [3.63, 3.8) is 0 Å². The highest BCUT2D eigenvalue weighted by Gasteiger charge is 2.23. The van der Waals surface area contributed by atoms with E-state index in [0.29, 0.717) is 17.4 Å². The maximum absolute atomic E-state index is 12.4. The molecule has 0 atom stereocenters. The third kappa shape index (κ3) is 4.50. The summed E-state index contributed by atoms with van der Waals surface area (Å²) in [4.78, 5) is 16.4. The van der Waals surface area contributed by atoms with Crippen LogP contribution in [0.3, 0.4) is 0 Å². The minimum Gasteiger partial charge on any atom is -0.330 e. The monoisotopic (exact) mass is 423 g/mol. The van der Waals surface area contributed by atoms with Crippen molar-refractivity contribution in [1.82, 2.24) is 14.3 Å². The summed E-state index contributed by atoms with van der Waals surface area (Å²) >= 11 is 11.9. The summed E-state index contributed by atoms with van der Waals surface area (Å²) in [7, 11) is -4.10. The lowest BCUT2D eigenvalue weighted by Gasteiger charge is -2.07. The number of hydrogen-bond donors (Lipinski definition) is 1. The lowest BCUT2D eigenvalue weighted by Crippen LogP contribution is -2.31. The zero-order valence-corrected chi connectivity index (χ0v) is 16.5. The second-order valence-corrected chi connectivity index (χ2v) is 8.29. The molecule has 9 heteroatoms. The molecule has 0 saturated heterocycles. The van der Waals surface area contributed by atoms with Crippen LogP contribution >= 0.6 is 23.2 Å². The number of aryl methyl sites for hydroxylation is 1. The summed E-state index contributed by atoms with van der Waals surface area (Å²) in [5, 5.41) is 0.634. The molecule has 0 saturated carbocycles. The highest BCUT2D eigenvalue weighted by atomic mass is 35.5. The summed E-state index contributed by atoms with van der Waals surface area (Å²) in [6.07, 6.45) is 1.49. The number of halogens is 2. The number of carbonyl (C=O) groups excluding carboxylic acids is 1. The summed E-state index contributed by atoms with van der Waals surface area (Å²) in [6, 6.07) is 13.2. The molecule has 3 rings (SSSR count). The number of hydrogen-bond acceptors (Lipinski definition) is 4. The Hall–Kier alpha value is -2.35. The van der Waals surface area contributed by atoms with Crippen molar-refractivity contribution in [2.75, 3.05) is 0 Å². The molecule has 1 aromatic heterocycles. The average molecular weight is 424 g/mol. The van der Waals surface area contributed by atoms with Crippen molar-refractivity contribution in [1.29, 1.82) is 0 Å². The van der Waals surface area contributed by atoms with Gasteiger partial charge < -0.3 is 4.57 Å². The van der Waals surface area contributed by atoms with E-state index in [0.717, 1.165) is 5.56 Å². The predicted molar refractivity (Wildman–Crippen MR) is 104 cm³/mol. The molecule has 1 amide bonds. The van der Waals surface area contributed by atoms with Crippen molar-refractivity contribution in [3.8, 4) is 0 Å². The van der Waals surface area contributed by atoms with Crippen LogP contribution in [0.5, 0.6) is 0 Å². The van der Waals surface area contributed by atoms with Crippen LogP contribution in [0.4, 0.5) is 0 Å². The first-order valence-corrected chi connectivity index (χ1v) is 10.1. The van der Waals surface area contributed by atoms with Gasteiger partial charge in [0, 0.05) is 17.8 Å². The smallest absolute Gasteiger partial charge is 0.285 e. The van der Waals surface area contributed by atoms with Crippen LogP contribution in [0.15, 0.2) is 59.6 Å². The van der Waals surface area contributed by atoms with Gasteiger partial charge in [0.2, 0.25) is 0 Å². The number of nitrogens with zero attached hydrogens (tertiary/aromatic N) is 2. The molecule has 27 heavy (non-hydrogen) atoms. The van der Waals surface area contributed by atoms with E-state index in [4.69, 9.17) is 23.2 Å². The minimum absolute atomic E-state index is 0.00911. The van der Waals surface area contributed by atoms with Gasteiger partial charge >= 0.3 is 0 Å². The molecule has 3 aromatic rings. The summed E-state index contributed by atoms with van der Waals surface area (Å²) in [6.45, 7) is 2.17. The molecular formula is C18H15Cl2N3O3S. The van der Waals surface area contributed by atoms with Crippen LogP contribution < -0.4 is 4.72 Å². The Morgan fingerprint density at radius 2 is 1.89 bits per heavy atom. The van der Waals surface area contributed by atoms with Crippen molar-refractivity contribution in [2.24, 2.45) is 0 Å². The zero-order chi connectivity index (χ0) is 19.6. The van der Waals surface area contributed by atoms with E-state index in [1.165, 1.54) is 24.4 Å². The molecular weight excluding hydrogens is 409 g/mol. The fourth-order valence-electron chi connectivity index (χ4n) is 2.50. The van der Waals surface area contributed by atoms with E-state index in [-0.39, 0.29) is 15.6 Å². The number of carbonyl (C=O) groups is 1. The molecule has 140 valence electrons. The predicted octanol–water partition coefficient (Wildman–Crippen LogP) is 3.67. The molecule has 1 heterocycles. The van der Waals surface area contributed by atoms with Gasteiger partial charge in [0.05, 0.1) is 5.02 Å². The molecule has 0 fully saturated rings. The van der Waals surface area contributed by atoms with Crippen LogP contribution in [0.2, 0.25) is 10.0 Å². The van der Waals surface area contributed by atoms with Gasteiger partial charge in [0.1, 0.15) is 16.4 Å². The third-order valence-electron chi connectivity index (χ3n) is 3.80. The second-order valence-electron chi connectivity index (χ2n) is 5.80. The van der Waals surface area contributed by atoms with E-state index < -0.39 is 15.9 Å². The Bertz CT molecular complexity index is 1110. The van der Waals surface area contributed by atoms with Gasteiger partial charge in [-0.3, -0.25) is 4.79 Å². The Labute approximate surface area is 166 Å². The number of imidazole rings is 1. The van der Waals surface area contributed by atoms with E-state index in [1.54, 1.807) is 23.6 Å². The molecule has 0 aliphatic heterocycles. The first kappa shape index (κ1) is 19.4. The lowest BCUT2D eigenvalue weighted by atomic mass is 10.2. The average Bonchev–Trinajstić information content (AvgIpc) is 2.96. The molecule has 6 nitrogen and oxygen atoms in total. The van der Waals surface area contributed by atoms with Crippen molar-refractivity contribution >= 4 is 39.1 Å². The Balaban J connectivity index is 1.81. The molecule has 0 aliphatic rings. The standard InChI is InChI=1S/C18H15Cl2N3O3S/c1-12-21-16(11-23(12)10-13-5-4-6-14(19)9-13)18(24)22-27(25,26)17-8-3-2-7-15(17)20/h2-9,11H,10H2,1H3,(H,22,24). The maximum atomic E-state index is 12.4. The molecule has 0 aliphatic carbocycles. The van der Waals surface area contributed by atoms with E-state index in [2.05, 4.69) is 4.98 Å². The number of benzene rings is 2. The number of nitrogens with one attached hydrogen (secondary N) is 1. The highest BCUT2D eigenvalue weighted by molar-refractivity contribution is 7.90. The number of aromatic nitrogens is 2. The largest absolute Gasteiger partial charge is 0.330 e. The topological polar surface area (TPSA) is 81.1 Å². The molecule has 0 spiro atoms. The van der Waals surface area contributed by atoms with Crippen molar-refractivity contribution in [3.05, 3.63) is 81.9 Å². The van der Waals surface area contributed by atoms with Crippen LogP contribution in [-0.2, 0) is 16.6 Å². The molecule has 1 N–H and O–H groups in total. The van der Waals surface area contributed by atoms with Gasteiger partial charge in [-0.1, -0.05) is 47.5 Å². The first-order valence-electron chi connectivity index (χ1n) is 7.86. The van der Waals surface area contributed by atoms with Crippen molar-refractivity contribution < 1.29 is 13.2 Å².